The van der Waals surface area contributed by atoms with Crippen LogP contribution in [0.25, 0.3) is 0 Å². The van der Waals surface area contributed by atoms with Gasteiger partial charge in [-0.2, -0.15) is 0 Å². The molecular weight excluding hydrogens is 206 g/mol. The topological polar surface area (TPSA) is 75.4 Å². The van der Waals surface area contributed by atoms with E-state index in [4.69, 9.17) is 5.73 Å². The summed E-state index contributed by atoms with van der Waals surface area (Å²) in [6.45, 7) is 1.48. The normalized spacial score (nSPS) is 30.1. The third-order valence-corrected chi connectivity index (χ3v) is 3.01. The summed E-state index contributed by atoms with van der Waals surface area (Å²) in [7, 11) is 0. The average molecular weight is 223 g/mol. The molecule has 5 heteroatoms. The minimum absolute atomic E-state index is 0.0187. The number of amides is 2. The van der Waals surface area contributed by atoms with Gasteiger partial charge in [-0.3, -0.25) is 9.59 Å². The fourth-order valence-electron chi connectivity index (χ4n) is 2.14. The predicted octanol–water partition coefficient (Wildman–Crippen LogP) is -0.762. The molecule has 0 aromatic carbocycles. The summed E-state index contributed by atoms with van der Waals surface area (Å²) >= 11 is 0. The molecule has 1 aliphatic carbocycles. The highest BCUT2D eigenvalue weighted by Crippen LogP contribution is 2.19. The van der Waals surface area contributed by atoms with Crippen LogP contribution in [0.4, 0.5) is 0 Å². The lowest BCUT2D eigenvalue weighted by Crippen LogP contribution is -2.40. The molecule has 16 heavy (non-hydrogen) atoms. The molecule has 2 unspecified atom stereocenters. The first-order valence-electron chi connectivity index (χ1n) is 5.66. The lowest BCUT2D eigenvalue weighted by Gasteiger charge is -2.22. The summed E-state index contributed by atoms with van der Waals surface area (Å²) in [5.74, 6) is -0.181. The highest BCUT2D eigenvalue weighted by Gasteiger charge is 2.28. The Morgan fingerprint density at radius 1 is 1.50 bits per heavy atom. The SMILES string of the molecule is NC1C=CC(C(=O)N2CCCNC(=O)C2)C1. The summed E-state index contributed by atoms with van der Waals surface area (Å²) in [6, 6.07) is -0.0187. The van der Waals surface area contributed by atoms with E-state index >= 15 is 0 Å². The molecule has 0 aromatic rings. The van der Waals surface area contributed by atoms with Crippen LogP contribution in [0.15, 0.2) is 12.2 Å². The Hall–Kier alpha value is -1.36. The van der Waals surface area contributed by atoms with Crippen LogP contribution in [-0.2, 0) is 9.59 Å². The lowest BCUT2D eigenvalue weighted by molar-refractivity contribution is -0.137. The first kappa shape index (κ1) is 11.1. The van der Waals surface area contributed by atoms with Gasteiger partial charge in [-0.05, 0) is 12.8 Å². The number of carbonyl (C=O) groups excluding carboxylic acids is 2. The van der Waals surface area contributed by atoms with Crippen molar-refractivity contribution in [2.45, 2.75) is 18.9 Å². The highest BCUT2D eigenvalue weighted by molar-refractivity contribution is 5.87. The molecule has 0 bridgehead atoms. The van der Waals surface area contributed by atoms with Crippen molar-refractivity contribution < 1.29 is 9.59 Å². The van der Waals surface area contributed by atoms with E-state index in [1.54, 1.807) is 4.90 Å². The van der Waals surface area contributed by atoms with Gasteiger partial charge in [0.25, 0.3) is 0 Å². The van der Waals surface area contributed by atoms with Crippen molar-refractivity contribution in [3.05, 3.63) is 12.2 Å². The van der Waals surface area contributed by atoms with Crippen molar-refractivity contribution in [2.24, 2.45) is 11.7 Å². The summed E-state index contributed by atoms with van der Waals surface area (Å²) in [4.78, 5) is 25.0. The molecule has 2 rings (SSSR count). The first-order chi connectivity index (χ1) is 7.66. The third kappa shape index (κ3) is 2.41. The van der Waals surface area contributed by atoms with Crippen LogP contribution in [-0.4, -0.2) is 42.4 Å². The van der Waals surface area contributed by atoms with Crippen LogP contribution in [0.5, 0.6) is 0 Å². The zero-order valence-electron chi connectivity index (χ0n) is 9.19. The maximum atomic E-state index is 12.1. The van der Waals surface area contributed by atoms with Gasteiger partial charge in [-0.1, -0.05) is 12.2 Å². The maximum absolute atomic E-state index is 12.1. The van der Waals surface area contributed by atoms with E-state index in [1.807, 2.05) is 12.2 Å². The van der Waals surface area contributed by atoms with Gasteiger partial charge in [0.15, 0.2) is 0 Å². The smallest absolute Gasteiger partial charge is 0.239 e. The summed E-state index contributed by atoms with van der Waals surface area (Å²) in [5, 5.41) is 2.75. The second kappa shape index (κ2) is 4.65. The van der Waals surface area contributed by atoms with Crippen molar-refractivity contribution in [1.82, 2.24) is 10.2 Å². The Kier molecular flexibility index (Phi) is 3.24. The number of nitrogens with two attached hydrogens (primary N) is 1. The minimum atomic E-state index is -0.138. The van der Waals surface area contributed by atoms with Gasteiger partial charge in [0.2, 0.25) is 11.8 Å². The summed E-state index contributed by atoms with van der Waals surface area (Å²) < 4.78 is 0. The maximum Gasteiger partial charge on any atom is 0.239 e. The highest BCUT2D eigenvalue weighted by atomic mass is 16.2. The van der Waals surface area contributed by atoms with Crippen LogP contribution in [0.2, 0.25) is 0 Å². The Morgan fingerprint density at radius 2 is 2.31 bits per heavy atom. The molecule has 0 aromatic heterocycles. The van der Waals surface area contributed by atoms with E-state index in [2.05, 4.69) is 5.32 Å². The van der Waals surface area contributed by atoms with Crippen LogP contribution in [0, 0.1) is 5.92 Å². The number of nitrogens with one attached hydrogen (secondary N) is 1. The van der Waals surface area contributed by atoms with Crippen molar-refractivity contribution in [3.63, 3.8) is 0 Å². The Labute approximate surface area is 94.7 Å². The molecule has 0 spiro atoms. The number of hydrogen-bond acceptors (Lipinski definition) is 3. The molecule has 1 fully saturated rings. The van der Waals surface area contributed by atoms with E-state index < -0.39 is 0 Å². The molecule has 1 heterocycles. The second-order valence-electron chi connectivity index (χ2n) is 4.35. The molecule has 88 valence electrons. The van der Waals surface area contributed by atoms with Gasteiger partial charge < -0.3 is 16.0 Å². The molecule has 0 saturated carbocycles. The zero-order valence-corrected chi connectivity index (χ0v) is 9.19. The van der Waals surface area contributed by atoms with E-state index in [1.165, 1.54) is 0 Å². The van der Waals surface area contributed by atoms with Gasteiger partial charge in [0, 0.05) is 19.1 Å². The number of nitrogens with zero attached hydrogens (tertiary/aromatic N) is 1. The van der Waals surface area contributed by atoms with Crippen LogP contribution < -0.4 is 11.1 Å². The largest absolute Gasteiger partial charge is 0.354 e. The standard InChI is InChI=1S/C11H17N3O2/c12-9-3-2-8(6-9)11(16)14-5-1-4-13-10(15)7-14/h2-3,8-9H,1,4-7,12H2,(H,13,15). The quantitative estimate of drug-likeness (QED) is 0.574. The van der Waals surface area contributed by atoms with Crippen molar-refractivity contribution in [1.29, 1.82) is 0 Å². The predicted molar refractivity (Wildman–Crippen MR) is 59.4 cm³/mol. The lowest BCUT2D eigenvalue weighted by atomic mass is 10.1. The Bertz CT molecular complexity index is 327. The molecular formula is C11H17N3O2. The second-order valence-corrected chi connectivity index (χ2v) is 4.35. The van der Waals surface area contributed by atoms with Crippen molar-refractivity contribution in [2.75, 3.05) is 19.6 Å². The van der Waals surface area contributed by atoms with E-state index in [-0.39, 0.29) is 30.3 Å². The van der Waals surface area contributed by atoms with Gasteiger partial charge in [0.1, 0.15) is 0 Å². The molecule has 2 atom stereocenters. The molecule has 1 aliphatic heterocycles. The van der Waals surface area contributed by atoms with E-state index in [0.717, 1.165) is 6.42 Å². The summed E-state index contributed by atoms with van der Waals surface area (Å²) in [6.07, 6.45) is 5.20. The van der Waals surface area contributed by atoms with Gasteiger partial charge in [-0.15, -0.1) is 0 Å². The number of hydrogen-bond donors (Lipinski definition) is 2. The molecule has 3 N–H and O–H groups in total. The molecule has 0 radical (unpaired) electrons. The van der Waals surface area contributed by atoms with Gasteiger partial charge >= 0.3 is 0 Å². The third-order valence-electron chi connectivity index (χ3n) is 3.01. The molecule has 5 nitrogen and oxygen atoms in total. The number of carbonyl (C=O) groups is 2. The molecule has 2 aliphatic rings. The Morgan fingerprint density at radius 3 is 3.00 bits per heavy atom. The molecule has 1 saturated heterocycles. The van der Waals surface area contributed by atoms with Crippen molar-refractivity contribution >= 4 is 11.8 Å². The number of rotatable bonds is 1. The summed E-state index contributed by atoms with van der Waals surface area (Å²) in [5.41, 5.74) is 5.71. The van der Waals surface area contributed by atoms with Crippen LogP contribution in [0.1, 0.15) is 12.8 Å². The first-order valence-corrected chi connectivity index (χ1v) is 5.66. The van der Waals surface area contributed by atoms with Gasteiger partial charge in [0.05, 0.1) is 12.5 Å². The average Bonchev–Trinajstić information content (AvgIpc) is 2.56. The fourth-order valence-corrected chi connectivity index (χ4v) is 2.14. The minimum Gasteiger partial charge on any atom is -0.354 e. The van der Waals surface area contributed by atoms with E-state index in [0.29, 0.717) is 19.5 Å². The fraction of sp³-hybridized carbons (Fsp3) is 0.636. The van der Waals surface area contributed by atoms with Crippen LogP contribution in [0.3, 0.4) is 0 Å². The Balaban J connectivity index is 1.98. The van der Waals surface area contributed by atoms with Crippen LogP contribution >= 0.6 is 0 Å². The zero-order chi connectivity index (χ0) is 11.5. The van der Waals surface area contributed by atoms with Gasteiger partial charge in [-0.25, -0.2) is 0 Å². The van der Waals surface area contributed by atoms with Crippen molar-refractivity contribution in [3.8, 4) is 0 Å². The molecule has 2 amide bonds. The monoisotopic (exact) mass is 223 g/mol. The van der Waals surface area contributed by atoms with E-state index in [9.17, 15) is 9.59 Å².